The van der Waals surface area contributed by atoms with Crippen LogP contribution in [0.1, 0.15) is 24.2 Å². The predicted octanol–water partition coefficient (Wildman–Crippen LogP) is 3.51. The van der Waals surface area contributed by atoms with E-state index < -0.39 is 5.97 Å². The Balaban J connectivity index is 0.000000921. The third kappa shape index (κ3) is 3.61. The van der Waals surface area contributed by atoms with Crippen molar-refractivity contribution in [2.75, 3.05) is 7.11 Å². The van der Waals surface area contributed by atoms with Crippen LogP contribution in [0.4, 0.5) is 0 Å². The summed E-state index contributed by atoms with van der Waals surface area (Å²) >= 11 is 11.2. The Bertz CT molecular complexity index is 328. The maximum atomic E-state index is 11.0. The van der Waals surface area contributed by atoms with E-state index in [0.29, 0.717) is 0 Å². The van der Waals surface area contributed by atoms with Crippen LogP contribution in [0.15, 0.2) is 12.1 Å². The molecule has 0 aliphatic carbocycles. The number of rotatable bonds is 1. The van der Waals surface area contributed by atoms with Gasteiger partial charge in [-0.15, -0.1) is 0 Å². The summed E-state index contributed by atoms with van der Waals surface area (Å²) in [4.78, 5) is 11.0. The van der Waals surface area contributed by atoms with Crippen LogP contribution in [-0.4, -0.2) is 18.2 Å². The van der Waals surface area contributed by atoms with E-state index in [1.54, 1.807) is 0 Å². The molecule has 0 bridgehead atoms. The summed E-state index contributed by atoms with van der Waals surface area (Å²) in [5, 5.41) is 9.21. The van der Waals surface area contributed by atoms with Crippen molar-refractivity contribution in [2.24, 2.45) is 0 Å². The standard InChI is InChI=1S/C8H6Cl2O3.C2H6/c1-13-8(12)4-2-5(9)7(11)6(10)3-4;1-2/h2-3,11H,1H3;1-2H3. The molecule has 0 atom stereocenters. The van der Waals surface area contributed by atoms with E-state index in [2.05, 4.69) is 4.74 Å². The van der Waals surface area contributed by atoms with E-state index in [0.717, 1.165) is 0 Å². The second-order valence-corrected chi connectivity index (χ2v) is 3.09. The van der Waals surface area contributed by atoms with E-state index in [4.69, 9.17) is 28.3 Å². The molecule has 0 aliphatic rings. The fourth-order valence-electron chi connectivity index (χ4n) is 0.801. The molecule has 5 heteroatoms. The summed E-state index contributed by atoms with van der Waals surface area (Å²) in [7, 11) is 1.25. The van der Waals surface area contributed by atoms with Gasteiger partial charge in [0.25, 0.3) is 0 Å². The topological polar surface area (TPSA) is 46.5 Å². The van der Waals surface area contributed by atoms with E-state index >= 15 is 0 Å². The number of halogens is 2. The summed E-state index contributed by atoms with van der Waals surface area (Å²) in [6.07, 6.45) is 0. The van der Waals surface area contributed by atoms with Gasteiger partial charge in [-0.2, -0.15) is 0 Å². The van der Waals surface area contributed by atoms with E-state index in [-0.39, 0.29) is 21.4 Å². The van der Waals surface area contributed by atoms with Crippen molar-refractivity contribution in [1.29, 1.82) is 0 Å². The molecular weight excluding hydrogens is 239 g/mol. The SMILES string of the molecule is CC.COC(=O)c1cc(Cl)c(O)c(Cl)c1. The van der Waals surface area contributed by atoms with Crippen molar-refractivity contribution in [3.63, 3.8) is 0 Å². The molecule has 0 aromatic heterocycles. The Hall–Kier alpha value is -0.930. The molecule has 0 fully saturated rings. The van der Waals surface area contributed by atoms with Gasteiger partial charge in [0.05, 0.1) is 22.7 Å². The quantitative estimate of drug-likeness (QED) is 0.777. The predicted molar refractivity (Wildman–Crippen MR) is 60.8 cm³/mol. The van der Waals surface area contributed by atoms with Crippen molar-refractivity contribution in [3.05, 3.63) is 27.7 Å². The Labute approximate surface area is 98.6 Å². The fourth-order valence-corrected chi connectivity index (χ4v) is 1.29. The molecular formula is C10H12Cl2O3. The van der Waals surface area contributed by atoms with Gasteiger partial charge in [-0.25, -0.2) is 4.79 Å². The molecule has 0 aliphatic heterocycles. The molecule has 15 heavy (non-hydrogen) atoms. The molecule has 1 rings (SSSR count). The first kappa shape index (κ1) is 14.1. The summed E-state index contributed by atoms with van der Waals surface area (Å²) in [6, 6.07) is 2.57. The molecule has 84 valence electrons. The zero-order chi connectivity index (χ0) is 12.0. The molecule has 0 saturated carbocycles. The lowest BCUT2D eigenvalue weighted by Gasteiger charge is -2.03. The van der Waals surface area contributed by atoms with Gasteiger partial charge in [-0.05, 0) is 12.1 Å². The maximum Gasteiger partial charge on any atom is 0.337 e. The van der Waals surface area contributed by atoms with Gasteiger partial charge in [-0.1, -0.05) is 37.0 Å². The van der Waals surface area contributed by atoms with Crippen molar-refractivity contribution in [3.8, 4) is 5.75 Å². The zero-order valence-electron chi connectivity index (χ0n) is 8.67. The maximum absolute atomic E-state index is 11.0. The minimum atomic E-state index is -0.552. The lowest BCUT2D eigenvalue weighted by molar-refractivity contribution is 0.0600. The number of carbonyl (C=O) groups is 1. The van der Waals surface area contributed by atoms with Gasteiger partial charge >= 0.3 is 5.97 Å². The summed E-state index contributed by atoms with van der Waals surface area (Å²) in [5.41, 5.74) is 0.204. The highest BCUT2D eigenvalue weighted by Crippen LogP contribution is 2.32. The molecule has 0 amide bonds. The van der Waals surface area contributed by atoms with Crippen molar-refractivity contribution in [2.45, 2.75) is 13.8 Å². The largest absolute Gasteiger partial charge is 0.505 e. The van der Waals surface area contributed by atoms with Crippen LogP contribution in [0.25, 0.3) is 0 Å². The van der Waals surface area contributed by atoms with Gasteiger partial charge in [0, 0.05) is 0 Å². The smallest absolute Gasteiger partial charge is 0.337 e. The number of benzene rings is 1. The number of ether oxygens (including phenoxy) is 1. The van der Waals surface area contributed by atoms with Crippen LogP contribution in [0.2, 0.25) is 10.0 Å². The lowest BCUT2D eigenvalue weighted by Crippen LogP contribution is -2.00. The molecule has 1 aromatic carbocycles. The third-order valence-electron chi connectivity index (χ3n) is 1.44. The molecule has 1 N–H and O–H groups in total. The first-order chi connectivity index (χ1) is 7.06. The average Bonchev–Trinajstić information content (AvgIpc) is 2.26. The van der Waals surface area contributed by atoms with Crippen molar-refractivity contribution >= 4 is 29.2 Å². The minimum absolute atomic E-state index is 0.0212. The summed E-state index contributed by atoms with van der Waals surface area (Å²) in [5.74, 6) is -0.792. The molecule has 0 spiro atoms. The highest BCUT2D eigenvalue weighted by atomic mass is 35.5. The van der Waals surface area contributed by atoms with Crippen LogP contribution >= 0.6 is 23.2 Å². The average molecular weight is 251 g/mol. The number of esters is 1. The minimum Gasteiger partial charge on any atom is -0.505 e. The second kappa shape index (κ2) is 6.53. The molecule has 3 nitrogen and oxygen atoms in total. The van der Waals surface area contributed by atoms with Crippen LogP contribution in [0.5, 0.6) is 5.75 Å². The van der Waals surface area contributed by atoms with Crippen molar-refractivity contribution in [1.82, 2.24) is 0 Å². The number of phenols is 1. The Morgan fingerprint density at radius 3 is 2.00 bits per heavy atom. The highest BCUT2D eigenvalue weighted by molar-refractivity contribution is 6.37. The van der Waals surface area contributed by atoms with Crippen LogP contribution in [0.3, 0.4) is 0 Å². The van der Waals surface area contributed by atoms with Gasteiger partial charge in [0.15, 0.2) is 5.75 Å². The zero-order valence-corrected chi connectivity index (χ0v) is 10.2. The van der Waals surface area contributed by atoms with Gasteiger partial charge < -0.3 is 9.84 Å². The number of carbonyl (C=O) groups excluding carboxylic acids is 1. The second-order valence-electron chi connectivity index (χ2n) is 2.28. The normalized spacial score (nSPS) is 8.87. The lowest BCUT2D eigenvalue weighted by atomic mass is 10.2. The first-order valence-corrected chi connectivity index (χ1v) is 5.08. The highest BCUT2D eigenvalue weighted by Gasteiger charge is 2.11. The Kier molecular flexibility index (Phi) is 6.13. The molecule has 0 saturated heterocycles. The van der Waals surface area contributed by atoms with Crippen molar-refractivity contribution < 1.29 is 14.6 Å². The monoisotopic (exact) mass is 250 g/mol. The number of methoxy groups -OCH3 is 1. The van der Waals surface area contributed by atoms with E-state index in [9.17, 15) is 4.79 Å². The fraction of sp³-hybridized carbons (Fsp3) is 0.300. The number of phenolic OH excluding ortho intramolecular Hbond substituents is 1. The van der Waals surface area contributed by atoms with E-state index in [1.807, 2.05) is 13.8 Å². The van der Waals surface area contributed by atoms with Crippen LogP contribution in [-0.2, 0) is 4.74 Å². The Morgan fingerprint density at radius 1 is 1.27 bits per heavy atom. The number of hydrogen-bond donors (Lipinski definition) is 1. The molecule has 0 radical (unpaired) electrons. The van der Waals surface area contributed by atoms with Crippen LogP contribution in [0, 0.1) is 0 Å². The summed E-state index contributed by atoms with van der Waals surface area (Å²) in [6.45, 7) is 4.00. The molecule has 0 heterocycles. The van der Waals surface area contributed by atoms with Gasteiger partial charge in [-0.3, -0.25) is 0 Å². The number of hydrogen-bond acceptors (Lipinski definition) is 3. The Morgan fingerprint density at radius 2 is 1.67 bits per heavy atom. The molecule has 1 aromatic rings. The molecule has 0 unspecified atom stereocenters. The number of aromatic hydroxyl groups is 1. The van der Waals surface area contributed by atoms with Crippen LogP contribution < -0.4 is 0 Å². The summed E-state index contributed by atoms with van der Waals surface area (Å²) < 4.78 is 4.45. The van der Waals surface area contributed by atoms with E-state index in [1.165, 1.54) is 19.2 Å². The van der Waals surface area contributed by atoms with Gasteiger partial charge in [0.1, 0.15) is 0 Å². The van der Waals surface area contributed by atoms with Gasteiger partial charge in [0.2, 0.25) is 0 Å². The first-order valence-electron chi connectivity index (χ1n) is 4.32. The third-order valence-corrected chi connectivity index (χ3v) is 2.01.